The fourth-order valence-corrected chi connectivity index (χ4v) is 3.52. The number of rotatable bonds is 7. The SMILES string of the molecule is CCNCc1cc(Br)c(OCCn2ccnc2C)c(Br)c1. The molecule has 0 saturated heterocycles. The van der Waals surface area contributed by atoms with Crippen molar-refractivity contribution in [2.45, 2.75) is 26.9 Å². The third-order valence-electron chi connectivity index (χ3n) is 3.14. The monoisotopic (exact) mass is 415 g/mol. The summed E-state index contributed by atoms with van der Waals surface area (Å²) in [6.45, 7) is 7.27. The zero-order valence-corrected chi connectivity index (χ0v) is 15.4. The van der Waals surface area contributed by atoms with E-state index in [0.29, 0.717) is 6.61 Å². The van der Waals surface area contributed by atoms with E-state index in [1.807, 2.05) is 13.1 Å². The molecule has 114 valence electrons. The molecule has 6 heteroatoms. The number of nitrogens with one attached hydrogen (secondary N) is 1. The number of aromatic nitrogens is 2. The minimum atomic E-state index is 0.598. The first-order chi connectivity index (χ1) is 10.1. The van der Waals surface area contributed by atoms with Crippen LogP contribution < -0.4 is 10.1 Å². The molecule has 0 fully saturated rings. The number of imidazole rings is 1. The summed E-state index contributed by atoms with van der Waals surface area (Å²) < 4.78 is 9.89. The molecule has 4 nitrogen and oxygen atoms in total. The second-order valence-electron chi connectivity index (χ2n) is 4.69. The van der Waals surface area contributed by atoms with Crippen molar-refractivity contribution in [3.63, 3.8) is 0 Å². The highest BCUT2D eigenvalue weighted by Crippen LogP contribution is 2.34. The summed E-state index contributed by atoms with van der Waals surface area (Å²) in [6, 6.07) is 4.18. The number of nitrogens with zero attached hydrogens (tertiary/aromatic N) is 2. The van der Waals surface area contributed by atoms with Gasteiger partial charge in [0.2, 0.25) is 0 Å². The van der Waals surface area contributed by atoms with E-state index in [2.05, 4.69) is 65.8 Å². The second-order valence-corrected chi connectivity index (χ2v) is 6.39. The van der Waals surface area contributed by atoms with E-state index in [1.54, 1.807) is 6.20 Å². The highest BCUT2D eigenvalue weighted by atomic mass is 79.9. The molecule has 1 aromatic heterocycles. The molecule has 2 rings (SSSR count). The van der Waals surface area contributed by atoms with E-state index in [-0.39, 0.29) is 0 Å². The van der Waals surface area contributed by atoms with Crippen LogP contribution >= 0.6 is 31.9 Å². The fourth-order valence-electron chi connectivity index (χ4n) is 2.01. The van der Waals surface area contributed by atoms with Crippen LogP contribution in [0.5, 0.6) is 5.75 Å². The smallest absolute Gasteiger partial charge is 0.147 e. The molecule has 2 aromatic rings. The first kappa shape index (κ1) is 16.5. The molecule has 21 heavy (non-hydrogen) atoms. The van der Waals surface area contributed by atoms with E-state index >= 15 is 0 Å². The molecule has 0 amide bonds. The van der Waals surface area contributed by atoms with Crippen LogP contribution in [0.2, 0.25) is 0 Å². The first-order valence-electron chi connectivity index (χ1n) is 6.91. The summed E-state index contributed by atoms with van der Waals surface area (Å²) in [5, 5.41) is 3.31. The fraction of sp³-hybridized carbons (Fsp3) is 0.400. The Bertz CT molecular complexity index is 575. The van der Waals surface area contributed by atoms with Crippen molar-refractivity contribution in [2.75, 3.05) is 13.2 Å². The molecule has 0 aliphatic heterocycles. The average molecular weight is 417 g/mol. The molecule has 0 aliphatic rings. The molecular weight excluding hydrogens is 398 g/mol. The molecule has 1 heterocycles. The maximum atomic E-state index is 5.89. The average Bonchev–Trinajstić information content (AvgIpc) is 2.85. The lowest BCUT2D eigenvalue weighted by Gasteiger charge is -2.13. The summed E-state index contributed by atoms with van der Waals surface area (Å²) in [5.74, 6) is 1.84. The predicted octanol–water partition coefficient (Wildman–Crippen LogP) is 3.91. The van der Waals surface area contributed by atoms with Gasteiger partial charge in [0.15, 0.2) is 0 Å². The summed E-state index contributed by atoms with van der Waals surface area (Å²) in [7, 11) is 0. The zero-order valence-electron chi connectivity index (χ0n) is 12.2. The van der Waals surface area contributed by atoms with Crippen LogP contribution in [0.15, 0.2) is 33.5 Å². The molecule has 0 bridgehead atoms. The minimum Gasteiger partial charge on any atom is -0.489 e. The number of aryl methyl sites for hydroxylation is 1. The molecule has 0 atom stereocenters. The first-order valence-corrected chi connectivity index (χ1v) is 8.49. The lowest BCUT2D eigenvalue weighted by Crippen LogP contribution is -2.12. The number of hydrogen-bond donors (Lipinski definition) is 1. The molecule has 0 saturated carbocycles. The lowest BCUT2D eigenvalue weighted by molar-refractivity contribution is 0.293. The van der Waals surface area contributed by atoms with Gasteiger partial charge in [-0.1, -0.05) is 6.92 Å². The number of ether oxygens (including phenoxy) is 1. The molecule has 0 unspecified atom stereocenters. The Hall–Kier alpha value is -0.850. The van der Waals surface area contributed by atoms with Crippen molar-refractivity contribution in [1.29, 1.82) is 0 Å². The van der Waals surface area contributed by atoms with Crippen LogP contribution in [-0.4, -0.2) is 22.7 Å². The van der Waals surface area contributed by atoms with Crippen LogP contribution in [0.25, 0.3) is 0 Å². The van der Waals surface area contributed by atoms with Gasteiger partial charge >= 0.3 is 0 Å². The number of benzene rings is 1. The number of hydrogen-bond acceptors (Lipinski definition) is 3. The van der Waals surface area contributed by atoms with Gasteiger partial charge in [0.1, 0.15) is 18.2 Å². The van der Waals surface area contributed by atoms with Crippen molar-refractivity contribution in [2.24, 2.45) is 0 Å². The van der Waals surface area contributed by atoms with Gasteiger partial charge in [-0.3, -0.25) is 0 Å². The Balaban J connectivity index is 1.98. The van der Waals surface area contributed by atoms with Gasteiger partial charge < -0.3 is 14.6 Å². The highest BCUT2D eigenvalue weighted by Gasteiger charge is 2.09. The van der Waals surface area contributed by atoms with Crippen molar-refractivity contribution >= 4 is 31.9 Å². The molecular formula is C15H19Br2N3O. The predicted molar refractivity (Wildman–Crippen MR) is 91.7 cm³/mol. The topological polar surface area (TPSA) is 39.1 Å². The summed E-state index contributed by atoms with van der Waals surface area (Å²) in [6.07, 6.45) is 3.76. The summed E-state index contributed by atoms with van der Waals surface area (Å²) in [4.78, 5) is 4.20. The summed E-state index contributed by atoms with van der Waals surface area (Å²) in [5.41, 5.74) is 1.22. The van der Waals surface area contributed by atoms with Gasteiger partial charge in [-0.25, -0.2) is 4.98 Å². The molecule has 0 aliphatic carbocycles. The third-order valence-corrected chi connectivity index (χ3v) is 4.32. The van der Waals surface area contributed by atoms with Crippen LogP contribution in [0.1, 0.15) is 18.3 Å². The van der Waals surface area contributed by atoms with Gasteiger partial charge in [-0.05, 0) is 63.0 Å². The maximum Gasteiger partial charge on any atom is 0.147 e. The van der Waals surface area contributed by atoms with Gasteiger partial charge in [0, 0.05) is 18.9 Å². The van der Waals surface area contributed by atoms with E-state index in [9.17, 15) is 0 Å². The van der Waals surface area contributed by atoms with Crippen molar-refractivity contribution in [3.05, 3.63) is 44.9 Å². The second kappa shape index (κ2) is 7.96. The molecule has 1 aromatic carbocycles. The van der Waals surface area contributed by atoms with Crippen LogP contribution in [-0.2, 0) is 13.1 Å². The number of halogens is 2. The minimum absolute atomic E-state index is 0.598. The van der Waals surface area contributed by atoms with Crippen molar-refractivity contribution in [1.82, 2.24) is 14.9 Å². The lowest BCUT2D eigenvalue weighted by atomic mass is 10.2. The van der Waals surface area contributed by atoms with E-state index in [4.69, 9.17) is 4.74 Å². The molecule has 0 spiro atoms. The normalized spacial score (nSPS) is 10.9. The summed E-state index contributed by atoms with van der Waals surface area (Å²) >= 11 is 7.16. The maximum absolute atomic E-state index is 5.89. The van der Waals surface area contributed by atoms with Gasteiger partial charge in [-0.15, -0.1) is 0 Å². The Kier molecular flexibility index (Phi) is 6.26. The Morgan fingerprint density at radius 3 is 2.57 bits per heavy atom. The van der Waals surface area contributed by atoms with Crippen molar-refractivity contribution < 1.29 is 4.74 Å². The third kappa shape index (κ3) is 4.56. The quantitative estimate of drug-likeness (QED) is 0.743. The van der Waals surface area contributed by atoms with Crippen LogP contribution in [0.4, 0.5) is 0 Å². The zero-order chi connectivity index (χ0) is 15.2. The van der Waals surface area contributed by atoms with Gasteiger partial charge in [-0.2, -0.15) is 0 Å². The van der Waals surface area contributed by atoms with Gasteiger partial charge in [0.05, 0.1) is 15.5 Å². The van der Waals surface area contributed by atoms with Crippen molar-refractivity contribution in [3.8, 4) is 5.75 Å². The largest absolute Gasteiger partial charge is 0.489 e. The standard InChI is InChI=1S/C15H19Br2N3O/c1-3-18-10-12-8-13(16)15(14(17)9-12)21-7-6-20-5-4-19-11(20)2/h4-5,8-9,18H,3,6-7,10H2,1-2H3. The van der Waals surface area contributed by atoms with Crippen LogP contribution in [0, 0.1) is 6.92 Å². The van der Waals surface area contributed by atoms with E-state index in [0.717, 1.165) is 40.2 Å². The van der Waals surface area contributed by atoms with E-state index < -0.39 is 0 Å². The van der Waals surface area contributed by atoms with E-state index in [1.165, 1.54) is 5.56 Å². The Morgan fingerprint density at radius 1 is 1.29 bits per heavy atom. The highest BCUT2D eigenvalue weighted by molar-refractivity contribution is 9.11. The van der Waals surface area contributed by atoms with Crippen LogP contribution in [0.3, 0.4) is 0 Å². The Morgan fingerprint density at radius 2 is 2.00 bits per heavy atom. The molecule has 1 N–H and O–H groups in total. The van der Waals surface area contributed by atoms with Gasteiger partial charge in [0.25, 0.3) is 0 Å². The molecule has 0 radical (unpaired) electrons. The Labute approximate surface area is 142 Å².